The highest BCUT2D eigenvalue weighted by Crippen LogP contribution is 2.32. The fourth-order valence-electron chi connectivity index (χ4n) is 2.90. The van der Waals surface area contributed by atoms with Crippen LogP contribution in [-0.2, 0) is 4.74 Å². The average molecular weight is 330 g/mol. The molecule has 1 fully saturated rings. The first kappa shape index (κ1) is 16.4. The lowest BCUT2D eigenvalue weighted by Crippen LogP contribution is -2.32. The van der Waals surface area contributed by atoms with Gasteiger partial charge in [0.05, 0.1) is 23.8 Å². The molecular formula is C17H22N4O3. The van der Waals surface area contributed by atoms with Crippen molar-refractivity contribution in [2.24, 2.45) is 0 Å². The second kappa shape index (κ2) is 7.00. The number of hydrogen-bond acceptors (Lipinski definition) is 5. The van der Waals surface area contributed by atoms with Crippen LogP contribution in [0.2, 0.25) is 0 Å². The molecule has 1 amide bonds. The molecule has 1 unspecified atom stereocenters. The Morgan fingerprint density at radius 2 is 2.21 bits per heavy atom. The lowest BCUT2D eigenvalue weighted by atomic mass is 10.1. The van der Waals surface area contributed by atoms with Crippen molar-refractivity contribution in [3.63, 3.8) is 0 Å². The zero-order valence-electron chi connectivity index (χ0n) is 14.1. The molecule has 2 aromatic rings. The van der Waals surface area contributed by atoms with Crippen LogP contribution in [0.3, 0.4) is 0 Å². The number of H-pyrrole nitrogens is 1. The van der Waals surface area contributed by atoms with Crippen LogP contribution < -0.4 is 4.74 Å². The number of imidazole rings is 1. The zero-order valence-corrected chi connectivity index (χ0v) is 14.1. The summed E-state index contributed by atoms with van der Waals surface area (Å²) in [5.41, 5.74) is 0.527. The molecule has 0 aromatic carbocycles. The Morgan fingerprint density at radius 3 is 2.79 bits per heavy atom. The zero-order chi connectivity index (χ0) is 17.1. The van der Waals surface area contributed by atoms with Gasteiger partial charge in [-0.25, -0.2) is 9.97 Å². The number of carbonyl (C=O) groups is 1. The van der Waals surface area contributed by atoms with E-state index in [9.17, 15) is 4.79 Å². The summed E-state index contributed by atoms with van der Waals surface area (Å²) in [6.07, 6.45) is 5.77. The minimum atomic E-state index is -0.121. The summed E-state index contributed by atoms with van der Waals surface area (Å²) >= 11 is 0. The average Bonchev–Trinajstić information content (AvgIpc) is 3.23. The summed E-state index contributed by atoms with van der Waals surface area (Å²) in [5.74, 6) is 1.20. The Kier molecular flexibility index (Phi) is 4.80. The third kappa shape index (κ3) is 3.41. The number of aromatic nitrogens is 3. The SMILES string of the molecule is CO[C@@H]1CC(c2ncc[nH]2)N(C(=O)c2ccc(OC(C)C)nc2)C1. The third-order valence-corrected chi connectivity index (χ3v) is 4.03. The summed E-state index contributed by atoms with van der Waals surface area (Å²) in [6, 6.07) is 3.34. The Morgan fingerprint density at radius 1 is 1.38 bits per heavy atom. The lowest BCUT2D eigenvalue weighted by molar-refractivity contribution is 0.0684. The normalized spacial score (nSPS) is 20.6. The summed E-state index contributed by atoms with van der Waals surface area (Å²) in [6.45, 7) is 4.40. The summed E-state index contributed by atoms with van der Waals surface area (Å²) in [7, 11) is 1.66. The van der Waals surface area contributed by atoms with Crippen molar-refractivity contribution in [2.75, 3.05) is 13.7 Å². The molecule has 2 atom stereocenters. The second-order valence-electron chi connectivity index (χ2n) is 6.09. The van der Waals surface area contributed by atoms with Gasteiger partial charge in [-0.1, -0.05) is 0 Å². The van der Waals surface area contributed by atoms with E-state index in [0.717, 1.165) is 12.2 Å². The third-order valence-electron chi connectivity index (χ3n) is 4.03. The fraction of sp³-hybridized carbons (Fsp3) is 0.471. The Labute approximate surface area is 141 Å². The highest BCUT2D eigenvalue weighted by atomic mass is 16.5. The molecule has 0 radical (unpaired) electrons. The van der Waals surface area contributed by atoms with E-state index in [1.54, 1.807) is 42.7 Å². The van der Waals surface area contributed by atoms with Gasteiger partial charge in [-0.3, -0.25) is 4.79 Å². The van der Waals surface area contributed by atoms with Crippen LogP contribution >= 0.6 is 0 Å². The number of amides is 1. The molecule has 2 aromatic heterocycles. The molecule has 0 aliphatic carbocycles. The highest BCUT2D eigenvalue weighted by molar-refractivity contribution is 5.94. The summed E-state index contributed by atoms with van der Waals surface area (Å²) in [4.78, 5) is 26.3. The number of pyridine rings is 1. The van der Waals surface area contributed by atoms with Crippen LogP contribution in [0.1, 0.15) is 42.5 Å². The van der Waals surface area contributed by atoms with E-state index >= 15 is 0 Å². The second-order valence-corrected chi connectivity index (χ2v) is 6.09. The number of rotatable bonds is 5. The Balaban J connectivity index is 1.79. The highest BCUT2D eigenvalue weighted by Gasteiger charge is 2.38. The Hall–Kier alpha value is -2.41. The van der Waals surface area contributed by atoms with Crippen molar-refractivity contribution in [3.8, 4) is 5.88 Å². The summed E-state index contributed by atoms with van der Waals surface area (Å²) < 4.78 is 11.0. The van der Waals surface area contributed by atoms with E-state index in [4.69, 9.17) is 9.47 Å². The number of ether oxygens (including phenoxy) is 2. The van der Waals surface area contributed by atoms with Gasteiger partial charge in [0.25, 0.3) is 5.91 Å². The van der Waals surface area contributed by atoms with Gasteiger partial charge < -0.3 is 19.4 Å². The van der Waals surface area contributed by atoms with E-state index in [0.29, 0.717) is 18.0 Å². The van der Waals surface area contributed by atoms with Gasteiger partial charge in [0.1, 0.15) is 5.82 Å². The number of nitrogens with zero attached hydrogens (tertiary/aromatic N) is 3. The molecule has 0 bridgehead atoms. The van der Waals surface area contributed by atoms with Crippen molar-refractivity contribution >= 4 is 5.91 Å². The molecule has 128 valence electrons. The molecule has 24 heavy (non-hydrogen) atoms. The molecule has 3 heterocycles. The number of nitrogens with one attached hydrogen (secondary N) is 1. The fourth-order valence-corrected chi connectivity index (χ4v) is 2.90. The van der Waals surface area contributed by atoms with Crippen LogP contribution in [0, 0.1) is 0 Å². The minimum absolute atomic E-state index is 0.000515. The van der Waals surface area contributed by atoms with Crippen LogP contribution in [0.4, 0.5) is 0 Å². The van der Waals surface area contributed by atoms with E-state index in [1.165, 1.54) is 0 Å². The van der Waals surface area contributed by atoms with Crippen molar-refractivity contribution < 1.29 is 14.3 Å². The molecule has 3 rings (SSSR count). The quantitative estimate of drug-likeness (QED) is 0.909. The number of methoxy groups -OCH3 is 1. The first-order valence-corrected chi connectivity index (χ1v) is 8.04. The molecule has 1 saturated heterocycles. The first-order valence-electron chi connectivity index (χ1n) is 8.04. The van der Waals surface area contributed by atoms with Gasteiger partial charge in [-0.2, -0.15) is 0 Å². The maximum Gasteiger partial charge on any atom is 0.256 e. The van der Waals surface area contributed by atoms with E-state index in [1.807, 2.05) is 13.8 Å². The molecule has 1 aliphatic heterocycles. The van der Waals surface area contributed by atoms with Crippen LogP contribution in [0.5, 0.6) is 5.88 Å². The van der Waals surface area contributed by atoms with Crippen molar-refractivity contribution in [1.29, 1.82) is 0 Å². The molecule has 0 saturated carbocycles. The van der Waals surface area contributed by atoms with Crippen molar-refractivity contribution in [3.05, 3.63) is 42.1 Å². The molecule has 1 N–H and O–H groups in total. The van der Waals surface area contributed by atoms with Crippen molar-refractivity contribution in [1.82, 2.24) is 19.9 Å². The van der Waals surface area contributed by atoms with Gasteiger partial charge in [0.15, 0.2) is 0 Å². The number of carbonyl (C=O) groups excluding carboxylic acids is 1. The maximum atomic E-state index is 12.9. The van der Waals surface area contributed by atoms with Gasteiger partial charge in [-0.15, -0.1) is 0 Å². The molecule has 7 heteroatoms. The maximum absolute atomic E-state index is 12.9. The lowest BCUT2D eigenvalue weighted by Gasteiger charge is -2.23. The largest absolute Gasteiger partial charge is 0.475 e. The van der Waals surface area contributed by atoms with E-state index in [2.05, 4.69) is 15.0 Å². The van der Waals surface area contributed by atoms with Crippen molar-refractivity contribution in [2.45, 2.75) is 38.5 Å². The number of aromatic amines is 1. The Bertz CT molecular complexity index is 670. The van der Waals surface area contributed by atoms with Gasteiger partial charge in [-0.05, 0) is 19.9 Å². The van der Waals surface area contributed by atoms with Crippen LogP contribution in [0.25, 0.3) is 0 Å². The predicted molar refractivity (Wildman–Crippen MR) is 87.8 cm³/mol. The predicted octanol–water partition coefficient (Wildman–Crippen LogP) is 2.19. The summed E-state index contributed by atoms with van der Waals surface area (Å²) in [5, 5.41) is 0. The molecular weight excluding hydrogens is 308 g/mol. The topological polar surface area (TPSA) is 80.3 Å². The van der Waals surface area contributed by atoms with Gasteiger partial charge in [0.2, 0.25) is 5.88 Å². The van der Waals surface area contributed by atoms with E-state index in [-0.39, 0.29) is 24.2 Å². The standard InChI is InChI=1S/C17H22N4O3/c1-11(2)24-15-5-4-12(9-20-15)17(22)21-10-13(23-3)8-14(21)16-18-6-7-19-16/h4-7,9,11,13-14H,8,10H2,1-3H3,(H,18,19)/t13-,14?/m1/s1. The van der Waals surface area contributed by atoms with Gasteiger partial charge >= 0.3 is 0 Å². The molecule has 0 spiro atoms. The number of hydrogen-bond donors (Lipinski definition) is 1. The molecule has 1 aliphatic rings. The van der Waals surface area contributed by atoms with Gasteiger partial charge in [0, 0.05) is 44.7 Å². The van der Waals surface area contributed by atoms with Crippen LogP contribution in [0.15, 0.2) is 30.7 Å². The smallest absolute Gasteiger partial charge is 0.256 e. The monoisotopic (exact) mass is 330 g/mol. The van der Waals surface area contributed by atoms with Crippen LogP contribution in [-0.4, -0.2) is 51.6 Å². The number of likely N-dealkylation sites (tertiary alicyclic amines) is 1. The minimum Gasteiger partial charge on any atom is -0.475 e. The van der Waals surface area contributed by atoms with E-state index < -0.39 is 0 Å². The first-order chi connectivity index (χ1) is 11.6. The molecule has 7 nitrogen and oxygen atoms in total.